The molecule has 0 saturated carbocycles. The van der Waals surface area contributed by atoms with E-state index in [0.717, 1.165) is 37.6 Å². The fraction of sp³-hybridized carbons (Fsp3) is 0.615. The predicted molar refractivity (Wildman–Crippen MR) is 65.2 cm³/mol. The number of amides is 1. The fourth-order valence-electron chi connectivity index (χ4n) is 2.75. The van der Waals surface area contributed by atoms with Crippen LogP contribution in [0.3, 0.4) is 0 Å². The molecule has 5 nitrogen and oxygen atoms in total. The average Bonchev–Trinajstić information content (AvgIpc) is 2.84. The first-order valence-electron chi connectivity index (χ1n) is 6.34. The maximum Gasteiger partial charge on any atom is 0.410 e. The molecule has 1 aromatic rings. The molecular weight excluding hydrogens is 232 g/mol. The molecular formula is C13H18N2O3. The number of hydrogen-bond donors (Lipinski definition) is 0. The Bertz CT molecular complexity index is 463. The van der Waals surface area contributed by atoms with Crippen molar-refractivity contribution in [3.05, 3.63) is 23.7 Å². The van der Waals surface area contributed by atoms with Gasteiger partial charge in [-0.2, -0.15) is 0 Å². The Morgan fingerprint density at radius 1 is 1.28 bits per heavy atom. The number of rotatable bonds is 3. The van der Waals surface area contributed by atoms with E-state index in [1.54, 1.807) is 11.9 Å². The SMILES string of the molecule is CCc1ccc(CN2CC3(C2)CN(C)C(=O)O3)o1. The summed E-state index contributed by atoms with van der Waals surface area (Å²) in [5.74, 6) is 2.01. The van der Waals surface area contributed by atoms with Crippen LogP contribution in [0.4, 0.5) is 4.79 Å². The third kappa shape index (κ3) is 1.88. The van der Waals surface area contributed by atoms with Gasteiger partial charge in [0.1, 0.15) is 11.5 Å². The Labute approximate surface area is 106 Å². The Balaban J connectivity index is 1.55. The van der Waals surface area contributed by atoms with E-state index in [0.29, 0.717) is 6.54 Å². The minimum absolute atomic E-state index is 0.207. The fourth-order valence-corrected chi connectivity index (χ4v) is 2.75. The van der Waals surface area contributed by atoms with Crippen molar-refractivity contribution in [1.82, 2.24) is 9.80 Å². The summed E-state index contributed by atoms with van der Waals surface area (Å²) in [6.45, 7) is 5.16. The molecule has 2 aliphatic rings. The van der Waals surface area contributed by atoms with E-state index in [1.807, 2.05) is 12.1 Å². The van der Waals surface area contributed by atoms with E-state index < -0.39 is 0 Å². The van der Waals surface area contributed by atoms with Crippen molar-refractivity contribution >= 4 is 6.09 Å². The lowest BCUT2D eigenvalue weighted by atomic mass is 9.94. The van der Waals surface area contributed by atoms with E-state index in [4.69, 9.17) is 9.15 Å². The summed E-state index contributed by atoms with van der Waals surface area (Å²) in [6.07, 6.45) is 0.715. The van der Waals surface area contributed by atoms with Gasteiger partial charge in [0, 0.05) is 26.6 Å². The van der Waals surface area contributed by atoms with Crippen LogP contribution in [-0.4, -0.2) is 48.2 Å². The maximum atomic E-state index is 11.4. The van der Waals surface area contributed by atoms with Crippen LogP contribution in [0.15, 0.2) is 16.5 Å². The van der Waals surface area contributed by atoms with Gasteiger partial charge in [-0.05, 0) is 12.1 Å². The molecule has 0 bridgehead atoms. The summed E-state index contributed by atoms with van der Waals surface area (Å²) < 4.78 is 11.1. The van der Waals surface area contributed by atoms with Gasteiger partial charge in [-0.15, -0.1) is 0 Å². The Kier molecular flexibility index (Phi) is 2.59. The van der Waals surface area contributed by atoms with Gasteiger partial charge in [-0.1, -0.05) is 6.92 Å². The van der Waals surface area contributed by atoms with Gasteiger partial charge in [0.15, 0.2) is 5.60 Å². The second-order valence-corrected chi connectivity index (χ2v) is 5.27. The molecule has 2 saturated heterocycles. The highest BCUT2D eigenvalue weighted by Crippen LogP contribution is 2.32. The van der Waals surface area contributed by atoms with Crippen LogP contribution in [0, 0.1) is 0 Å². The maximum absolute atomic E-state index is 11.4. The molecule has 3 rings (SSSR count). The topological polar surface area (TPSA) is 45.9 Å². The van der Waals surface area contributed by atoms with Gasteiger partial charge < -0.3 is 14.1 Å². The van der Waals surface area contributed by atoms with E-state index in [9.17, 15) is 4.79 Å². The van der Waals surface area contributed by atoms with Gasteiger partial charge in [0.05, 0.1) is 13.1 Å². The zero-order valence-corrected chi connectivity index (χ0v) is 10.8. The van der Waals surface area contributed by atoms with E-state index in [1.165, 1.54) is 0 Å². The molecule has 1 amide bonds. The molecule has 0 unspecified atom stereocenters. The van der Waals surface area contributed by atoms with E-state index in [2.05, 4.69) is 11.8 Å². The highest BCUT2D eigenvalue weighted by Gasteiger charge is 2.52. The van der Waals surface area contributed by atoms with Crippen molar-refractivity contribution in [2.45, 2.75) is 25.5 Å². The molecule has 1 aromatic heterocycles. The standard InChI is InChI=1S/C13H18N2O3/c1-3-10-4-5-11(17-10)6-15-8-13(9-15)7-14(2)12(16)18-13/h4-5H,3,6-9H2,1-2H3. The largest absolute Gasteiger partial charge is 0.465 e. The van der Waals surface area contributed by atoms with Gasteiger partial charge in [0.2, 0.25) is 0 Å². The molecule has 0 aromatic carbocycles. The van der Waals surface area contributed by atoms with Crippen molar-refractivity contribution in [3.63, 3.8) is 0 Å². The second kappa shape index (κ2) is 4.02. The summed E-state index contributed by atoms with van der Waals surface area (Å²) >= 11 is 0. The first-order chi connectivity index (χ1) is 8.60. The smallest absolute Gasteiger partial charge is 0.410 e. The highest BCUT2D eigenvalue weighted by atomic mass is 16.6. The molecule has 0 aliphatic carbocycles. The molecule has 18 heavy (non-hydrogen) atoms. The molecule has 0 N–H and O–H groups in total. The quantitative estimate of drug-likeness (QED) is 0.815. The van der Waals surface area contributed by atoms with Crippen LogP contribution in [0.1, 0.15) is 18.4 Å². The van der Waals surface area contributed by atoms with E-state index in [-0.39, 0.29) is 11.7 Å². The van der Waals surface area contributed by atoms with Crippen LogP contribution in [0.25, 0.3) is 0 Å². The minimum Gasteiger partial charge on any atom is -0.465 e. The second-order valence-electron chi connectivity index (χ2n) is 5.27. The molecule has 2 fully saturated rings. The normalized spacial score (nSPS) is 22.3. The van der Waals surface area contributed by atoms with Crippen LogP contribution in [0.2, 0.25) is 0 Å². The monoisotopic (exact) mass is 250 g/mol. The lowest BCUT2D eigenvalue weighted by molar-refractivity contribution is -0.0794. The van der Waals surface area contributed by atoms with Crippen molar-refractivity contribution in [2.24, 2.45) is 0 Å². The highest BCUT2D eigenvalue weighted by molar-refractivity contribution is 5.70. The number of hydrogen-bond acceptors (Lipinski definition) is 4. The number of likely N-dealkylation sites (tertiary alicyclic amines) is 1. The lowest BCUT2D eigenvalue weighted by Crippen LogP contribution is -2.63. The van der Waals surface area contributed by atoms with Crippen LogP contribution in [-0.2, 0) is 17.7 Å². The van der Waals surface area contributed by atoms with Gasteiger partial charge >= 0.3 is 6.09 Å². The zero-order valence-electron chi connectivity index (χ0n) is 10.8. The Morgan fingerprint density at radius 2 is 2.00 bits per heavy atom. The Morgan fingerprint density at radius 3 is 2.56 bits per heavy atom. The average molecular weight is 250 g/mol. The first kappa shape index (κ1) is 11.6. The van der Waals surface area contributed by atoms with E-state index >= 15 is 0 Å². The first-order valence-corrected chi connectivity index (χ1v) is 6.34. The number of carbonyl (C=O) groups is 1. The van der Waals surface area contributed by atoms with Gasteiger partial charge in [-0.3, -0.25) is 4.90 Å². The summed E-state index contributed by atoms with van der Waals surface area (Å²) in [5, 5.41) is 0. The molecule has 1 spiro atoms. The molecule has 5 heteroatoms. The van der Waals surface area contributed by atoms with Crippen molar-refractivity contribution in [3.8, 4) is 0 Å². The minimum atomic E-state index is -0.272. The third-order valence-corrected chi connectivity index (χ3v) is 3.61. The predicted octanol–water partition coefficient (Wildman–Crippen LogP) is 1.48. The Hall–Kier alpha value is -1.49. The summed E-state index contributed by atoms with van der Waals surface area (Å²) in [5.41, 5.74) is -0.272. The van der Waals surface area contributed by atoms with Crippen molar-refractivity contribution < 1.29 is 13.9 Å². The molecule has 3 heterocycles. The summed E-state index contributed by atoms with van der Waals surface area (Å²) in [4.78, 5) is 15.2. The number of ether oxygens (including phenoxy) is 1. The van der Waals surface area contributed by atoms with Crippen LogP contribution in [0.5, 0.6) is 0 Å². The molecule has 0 radical (unpaired) electrons. The number of nitrogens with zero attached hydrogens (tertiary/aromatic N) is 2. The number of furan rings is 1. The van der Waals surface area contributed by atoms with Crippen molar-refractivity contribution in [2.75, 3.05) is 26.7 Å². The number of likely N-dealkylation sites (N-methyl/N-ethyl adjacent to an activating group) is 1. The lowest BCUT2D eigenvalue weighted by Gasteiger charge is -2.45. The number of carbonyl (C=O) groups excluding carboxylic acids is 1. The van der Waals surface area contributed by atoms with Gasteiger partial charge in [-0.25, -0.2) is 4.79 Å². The van der Waals surface area contributed by atoms with Gasteiger partial charge in [0.25, 0.3) is 0 Å². The third-order valence-electron chi connectivity index (χ3n) is 3.61. The van der Waals surface area contributed by atoms with Crippen LogP contribution >= 0.6 is 0 Å². The number of aryl methyl sites for hydroxylation is 1. The summed E-state index contributed by atoms with van der Waals surface area (Å²) in [6, 6.07) is 4.05. The van der Waals surface area contributed by atoms with Crippen molar-refractivity contribution in [1.29, 1.82) is 0 Å². The molecule has 2 aliphatic heterocycles. The van der Waals surface area contributed by atoms with Crippen LogP contribution < -0.4 is 0 Å². The summed E-state index contributed by atoms with van der Waals surface area (Å²) in [7, 11) is 1.78. The molecule has 98 valence electrons. The zero-order chi connectivity index (χ0) is 12.8. The molecule has 0 atom stereocenters.